The molecule has 0 heterocycles. The zero-order valence-electron chi connectivity index (χ0n) is 51.9. The molecule has 452 valence electrons. The smallest absolute Gasteiger partial charge is 0.306 e. The van der Waals surface area contributed by atoms with Crippen LogP contribution >= 0.6 is 0 Å². The van der Waals surface area contributed by atoms with E-state index in [4.69, 9.17) is 14.2 Å². The van der Waals surface area contributed by atoms with Gasteiger partial charge < -0.3 is 14.2 Å². The van der Waals surface area contributed by atoms with E-state index in [9.17, 15) is 14.4 Å². The third-order valence-corrected chi connectivity index (χ3v) is 14.2. The molecule has 0 aromatic carbocycles. The summed E-state index contributed by atoms with van der Waals surface area (Å²) in [6, 6.07) is 0. The Morgan fingerprint density at radius 3 is 0.835 bits per heavy atom. The van der Waals surface area contributed by atoms with Crippen molar-refractivity contribution in [2.45, 2.75) is 322 Å². The molecule has 0 aliphatic heterocycles. The number of rotatable bonds is 60. The summed E-state index contributed by atoms with van der Waals surface area (Å²) in [5.41, 5.74) is 0. The van der Waals surface area contributed by atoms with E-state index in [-0.39, 0.29) is 37.5 Å². The van der Waals surface area contributed by atoms with Gasteiger partial charge in [0.05, 0.1) is 0 Å². The Kier molecular flexibility index (Phi) is 63.3. The molecule has 0 radical (unpaired) electrons. The molecule has 0 aromatic rings. The molecule has 0 aliphatic rings. The first-order valence-electron chi connectivity index (χ1n) is 33.4. The molecular formula is C73H124O6. The van der Waals surface area contributed by atoms with E-state index < -0.39 is 6.10 Å². The number of ether oxygens (including phenoxy) is 3. The van der Waals surface area contributed by atoms with Gasteiger partial charge in [-0.3, -0.25) is 14.4 Å². The molecule has 0 saturated heterocycles. The molecule has 0 aliphatic carbocycles. The number of allylic oxidation sites excluding steroid dienone is 18. The number of carbonyl (C=O) groups is 3. The monoisotopic (exact) mass is 1100 g/mol. The average molecular weight is 1100 g/mol. The van der Waals surface area contributed by atoms with E-state index in [0.29, 0.717) is 12.8 Å². The lowest BCUT2D eigenvalue weighted by Gasteiger charge is -2.18. The maximum atomic E-state index is 12.9. The highest BCUT2D eigenvalue weighted by Crippen LogP contribution is 2.16. The summed E-state index contributed by atoms with van der Waals surface area (Å²) in [6.45, 7) is 6.46. The SMILES string of the molecule is CC/C=C\C/C=C\C/C=C\C/C=C\C/C=C\CCCCCC(=O)OC(COC(=O)CCCCCCC/C=C\CCCC)COC(=O)CCCCCCCCCCCCCCCCCC/C=C\C/C=C\C/C=C\CCCCCCC. The molecule has 0 bridgehead atoms. The fourth-order valence-electron chi connectivity index (χ4n) is 9.22. The second-order valence-electron chi connectivity index (χ2n) is 22.0. The molecule has 0 spiro atoms. The van der Waals surface area contributed by atoms with Crippen molar-refractivity contribution < 1.29 is 28.6 Å². The van der Waals surface area contributed by atoms with Crippen LogP contribution in [-0.2, 0) is 28.6 Å². The van der Waals surface area contributed by atoms with Gasteiger partial charge in [-0.2, -0.15) is 0 Å². The van der Waals surface area contributed by atoms with Crippen LogP contribution in [0.1, 0.15) is 316 Å². The van der Waals surface area contributed by atoms with Crippen molar-refractivity contribution in [3.05, 3.63) is 109 Å². The molecule has 1 atom stereocenters. The Labute approximate surface area is 489 Å². The minimum Gasteiger partial charge on any atom is -0.462 e. The molecule has 0 amide bonds. The molecule has 6 nitrogen and oxygen atoms in total. The van der Waals surface area contributed by atoms with E-state index in [1.165, 1.54) is 154 Å². The van der Waals surface area contributed by atoms with Crippen molar-refractivity contribution in [3.63, 3.8) is 0 Å². The third-order valence-electron chi connectivity index (χ3n) is 14.2. The highest BCUT2D eigenvalue weighted by atomic mass is 16.6. The van der Waals surface area contributed by atoms with Gasteiger partial charge in [-0.05, 0) is 122 Å². The summed E-state index contributed by atoms with van der Waals surface area (Å²) in [4.78, 5) is 38.3. The van der Waals surface area contributed by atoms with E-state index in [2.05, 4.69) is 130 Å². The third kappa shape index (κ3) is 64.8. The van der Waals surface area contributed by atoms with E-state index in [1.54, 1.807) is 0 Å². The molecule has 79 heavy (non-hydrogen) atoms. The Morgan fingerprint density at radius 1 is 0.266 bits per heavy atom. The number of unbranched alkanes of at least 4 members (excludes halogenated alkanes) is 31. The van der Waals surface area contributed by atoms with Crippen molar-refractivity contribution in [2.24, 2.45) is 0 Å². The predicted molar refractivity (Wildman–Crippen MR) is 343 cm³/mol. The fraction of sp³-hybridized carbons (Fsp3) is 0.712. The molecule has 0 rings (SSSR count). The van der Waals surface area contributed by atoms with Crippen molar-refractivity contribution in [2.75, 3.05) is 13.2 Å². The van der Waals surface area contributed by atoms with Crippen LogP contribution < -0.4 is 0 Å². The van der Waals surface area contributed by atoms with Gasteiger partial charge >= 0.3 is 17.9 Å². The van der Waals surface area contributed by atoms with Crippen LogP contribution in [0.3, 0.4) is 0 Å². The van der Waals surface area contributed by atoms with Crippen LogP contribution in [-0.4, -0.2) is 37.2 Å². The summed E-state index contributed by atoms with van der Waals surface area (Å²) in [5.74, 6) is -0.929. The number of carbonyl (C=O) groups excluding carboxylic acids is 3. The predicted octanol–water partition coefficient (Wildman–Crippen LogP) is 23.0. The van der Waals surface area contributed by atoms with Crippen LogP contribution in [0.2, 0.25) is 0 Å². The fourth-order valence-corrected chi connectivity index (χ4v) is 9.22. The van der Waals surface area contributed by atoms with Crippen molar-refractivity contribution >= 4 is 17.9 Å². The number of hydrogen-bond donors (Lipinski definition) is 0. The average Bonchev–Trinajstić information content (AvgIpc) is 3.45. The summed E-state index contributed by atoms with van der Waals surface area (Å²) in [6.07, 6.45) is 91.2. The molecule has 1 unspecified atom stereocenters. The van der Waals surface area contributed by atoms with Gasteiger partial charge in [0.1, 0.15) is 13.2 Å². The Hall–Kier alpha value is -3.93. The quantitative estimate of drug-likeness (QED) is 0.0261. The molecular weight excluding hydrogens is 973 g/mol. The Bertz CT molecular complexity index is 1590. The van der Waals surface area contributed by atoms with Crippen molar-refractivity contribution in [1.82, 2.24) is 0 Å². The first kappa shape index (κ1) is 75.1. The van der Waals surface area contributed by atoms with Crippen LogP contribution in [0.15, 0.2) is 109 Å². The maximum Gasteiger partial charge on any atom is 0.306 e. The van der Waals surface area contributed by atoms with Gasteiger partial charge in [-0.15, -0.1) is 0 Å². The zero-order valence-corrected chi connectivity index (χ0v) is 51.9. The second kappa shape index (κ2) is 66.6. The van der Waals surface area contributed by atoms with Crippen molar-refractivity contribution in [1.29, 1.82) is 0 Å². The van der Waals surface area contributed by atoms with E-state index in [1.807, 2.05) is 0 Å². The van der Waals surface area contributed by atoms with Crippen LogP contribution in [0.4, 0.5) is 0 Å². The number of hydrogen-bond acceptors (Lipinski definition) is 6. The largest absolute Gasteiger partial charge is 0.462 e. The zero-order chi connectivity index (χ0) is 57.1. The topological polar surface area (TPSA) is 78.9 Å². The summed E-state index contributed by atoms with van der Waals surface area (Å²) in [5, 5.41) is 0. The van der Waals surface area contributed by atoms with Gasteiger partial charge in [0, 0.05) is 19.3 Å². The molecule has 0 aromatic heterocycles. The lowest BCUT2D eigenvalue weighted by Crippen LogP contribution is -2.30. The first-order valence-corrected chi connectivity index (χ1v) is 33.4. The molecule has 0 fully saturated rings. The van der Waals surface area contributed by atoms with Gasteiger partial charge in [0.2, 0.25) is 0 Å². The normalized spacial score (nSPS) is 12.8. The summed E-state index contributed by atoms with van der Waals surface area (Å²) >= 11 is 0. The summed E-state index contributed by atoms with van der Waals surface area (Å²) in [7, 11) is 0. The molecule has 0 saturated carbocycles. The Morgan fingerprint density at radius 2 is 0.506 bits per heavy atom. The van der Waals surface area contributed by atoms with Crippen LogP contribution in [0.25, 0.3) is 0 Å². The summed E-state index contributed by atoms with van der Waals surface area (Å²) < 4.78 is 16.9. The van der Waals surface area contributed by atoms with Gasteiger partial charge in [-0.25, -0.2) is 0 Å². The van der Waals surface area contributed by atoms with Gasteiger partial charge in [-0.1, -0.05) is 284 Å². The number of esters is 3. The first-order chi connectivity index (χ1) is 39.0. The lowest BCUT2D eigenvalue weighted by atomic mass is 10.0. The van der Waals surface area contributed by atoms with Gasteiger partial charge in [0.25, 0.3) is 0 Å². The minimum atomic E-state index is -0.800. The standard InChI is InChI=1S/C73H124O6/c1-4-7-10-13-16-19-22-24-26-28-30-31-32-33-34-35-36-37-38-39-40-41-43-44-46-48-51-54-57-60-63-66-72(75)78-69-70(68-77-71(74)65-62-59-56-53-50-21-18-15-12-9-6-3)79-73(76)67-64-61-58-55-52-49-47-45-42-29-27-25-23-20-17-14-11-8-5-2/h8,11,15,17-18,20,22,24-25,27-28,30,32-33,42,45,49,52,70H,4-7,9-10,12-14,16,19,21,23,26,29,31,34-41,43-44,46-48,50-51,53-69H2,1-3H3/b11-8-,18-15-,20-17-,24-22-,27-25-,30-28-,33-32-,45-42-,52-49-. The lowest BCUT2D eigenvalue weighted by molar-refractivity contribution is -0.167. The van der Waals surface area contributed by atoms with Crippen LogP contribution in [0, 0.1) is 0 Å². The van der Waals surface area contributed by atoms with Crippen molar-refractivity contribution in [3.8, 4) is 0 Å². The van der Waals surface area contributed by atoms with Gasteiger partial charge in [0.15, 0.2) is 6.10 Å². The van der Waals surface area contributed by atoms with Crippen LogP contribution in [0.5, 0.6) is 0 Å². The molecule has 0 N–H and O–H groups in total. The maximum absolute atomic E-state index is 12.9. The highest BCUT2D eigenvalue weighted by molar-refractivity contribution is 5.71. The highest BCUT2D eigenvalue weighted by Gasteiger charge is 2.19. The second-order valence-corrected chi connectivity index (χ2v) is 22.0. The van der Waals surface area contributed by atoms with E-state index in [0.717, 1.165) is 122 Å². The Balaban J connectivity index is 4.23. The van der Waals surface area contributed by atoms with E-state index >= 15 is 0 Å². The minimum absolute atomic E-state index is 0.0936. The molecule has 6 heteroatoms.